The fraction of sp³-hybridized carbons (Fsp3) is 0.455. The molecule has 2 atom stereocenters. The highest BCUT2D eigenvalue weighted by molar-refractivity contribution is 9.10. The van der Waals surface area contributed by atoms with Gasteiger partial charge in [-0.25, -0.2) is 0 Å². The van der Waals surface area contributed by atoms with Crippen molar-refractivity contribution in [1.82, 2.24) is 0 Å². The molecule has 76 valence electrons. The van der Waals surface area contributed by atoms with Crippen molar-refractivity contribution >= 4 is 15.9 Å². The maximum Gasteiger partial charge on any atom is 0.0840 e. The number of rotatable bonds is 1. The highest BCUT2D eigenvalue weighted by Gasteiger charge is 2.21. The van der Waals surface area contributed by atoms with Gasteiger partial charge in [0.1, 0.15) is 0 Å². The highest BCUT2D eigenvalue weighted by atomic mass is 79.9. The van der Waals surface area contributed by atoms with Crippen LogP contribution < -0.4 is 5.73 Å². The molecule has 0 aliphatic carbocycles. The Kier molecular flexibility index (Phi) is 3.21. The van der Waals surface area contributed by atoms with E-state index in [0.717, 1.165) is 23.9 Å². The minimum absolute atomic E-state index is 0.177. The van der Waals surface area contributed by atoms with E-state index >= 15 is 0 Å². The number of halogens is 1. The molecular weight excluding hydrogens is 242 g/mol. The van der Waals surface area contributed by atoms with Gasteiger partial charge in [0.2, 0.25) is 0 Å². The van der Waals surface area contributed by atoms with Crippen molar-refractivity contribution in [1.29, 1.82) is 0 Å². The highest BCUT2D eigenvalue weighted by Crippen LogP contribution is 2.28. The molecule has 2 rings (SSSR count). The summed E-state index contributed by atoms with van der Waals surface area (Å²) in [7, 11) is 0. The molecule has 1 fully saturated rings. The van der Waals surface area contributed by atoms with Crippen molar-refractivity contribution in [3.63, 3.8) is 0 Å². The molecule has 1 heterocycles. The molecule has 0 aromatic heterocycles. The second kappa shape index (κ2) is 4.43. The molecule has 0 bridgehead atoms. The van der Waals surface area contributed by atoms with Crippen LogP contribution in [0.15, 0.2) is 28.7 Å². The molecule has 0 saturated carbocycles. The lowest BCUT2D eigenvalue weighted by atomic mass is 9.98. The third-order valence-corrected chi connectivity index (χ3v) is 3.04. The number of hydrogen-bond donors (Lipinski definition) is 1. The monoisotopic (exact) mass is 255 g/mol. The van der Waals surface area contributed by atoms with Crippen LogP contribution in [-0.4, -0.2) is 12.6 Å². The van der Waals surface area contributed by atoms with Crippen LogP contribution in [-0.2, 0) is 4.74 Å². The van der Waals surface area contributed by atoms with Gasteiger partial charge in [-0.2, -0.15) is 0 Å². The van der Waals surface area contributed by atoms with Gasteiger partial charge in [-0.05, 0) is 30.5 Å². The Balaban J connectivity index is 2.14. The Hall–Kier alpha value is -0.380. The summed E-state index contributed by atoms with van der Waals surface area (Å²) < 4.78 is 6.78. The van der Waals surface area contributed by atoms with E-state index in [1.165, 1.54) is 5.56 Å². The molecule has 14 heavy (non-hydrogen) atoms. The van der Waals surface area contributed by atoms with E-state index in [0.29, 0.717) is 0 Å². The molecule has 0 amide bonds. The third kappa shape index (κ3) is 2.35. The second-order valence-corrected chi connectivity index (χ2v) is 4.61. The fourth-order valence-electron chi connectivity index (χ4n) is 1.76. The smallest absolute Gasteiger partial charge is 0.0840 e. The lowest BCUT2D eigenvalue weighted by Gasteiger charge is -2.27. The SMILES string of the molecule is N[C@H]1CCO[C@H](c2cccc(Br)c2)C1. The van der Waals surface area contributed by atoms with E-state index in [4.69, 9.17) is 10.5 Å². The van der Waals surface area contributed by atoms with Gasteiger partial charge >= 0.3 is 0 Å². The average molecular weight is 256 g/mol. The first kappa shape index (κ1) is 10.1. The van der Waals surface area contributed by atoms with Crippen LogP contribution in [0.25, 0.3) is 0 Å². The van der Waals surface area contributed by atoms with Crippen molar-refractivity contribution in [2.45, 2.75) is 25.0 Å². The zero-order chi connectivity index (χ0) is 9.97. The summed E-state index contributed by atoms with van der Waals surface area (Å²) in [5.74, 6) is 0. The van der Waals surface area contributed by atoms with E-state index in [2.05, 4.69) is 28.1 Å². The lowest BCUT2D eigenvalue weighted by Crippen LogP contribution is -2.30. The molecule has 1 aliphatic heterocycles. The summed E-state index contributed by atoms with van der Waals surface area (Å²) in [6, 6.07) is 8.53. The van der Waals surface area contributed by atoms with Crippen LogP contribution in [0.3, 0.4) is 0 Å². The Morgan fingerprint density at radius 3 is 3.00 bits per heavy atom. The number of hydrogen-bond acceptors (Lipinski definition) is 2. The van der Waals surface area contributed by atoms with Gasteiger partial charge in [-0.3, -0.25) is 0 Å². The van der Waals surface area contributed by atoms with Gasteiger partial charge in [0, 0.05) is 17.1 Å². The number of benzene rings is 1. The van der Waals surface area contributed by atoms with Crippen molar-refractivity contribution < 1.29 is 4.74 Å². The van der Waals surface area contributed by atoms with Crippen LogP contribution in [0.4, 0.5) is 0 Å². The van der Waals surface area contributed by atoms with Crippen LogP contribution in [0.5, 0.6) is 0 Å². The molecule has 2 N–H and O–H groups in total. The van der Waals surface area contributed by atoms with Gasteiger partial charge in [0.15, 0.2) is 0 Å². The quantitative estimate of drug-likeness (QED) is 0.838. The van der Waals surface area contributed by atoms with Gasteiger partial charge in [-0.15, -0.1) is 0 Å². The van der Waals surface area contributed by atoms with Crippen molar-refractivity contribution in [3.8, 4) is 0 Å². The first-order valence-corrected chi connectivity index (χ1v) is 5.67. The molecule has 1 saturated heterocycles. The van der Waals surface area contributed by atoms with Crippen LogP contribution in [0.2, 0.25) is 0 Å². The van der Waals surface area contributed by atoms with Crippen LogP contribution in [0, 0.1) is 0 Å². The Morgan fingerprint density at radius 2 is 2.29 bits per heavy atom. The predicted octanol–water partition coefficient (Wildman–Crippen LogP) is 2.63. The standard InChI is InChI=1S/C11H14BrNO/c12-9-3-1-2-8(6-9)11-7-10(13)4-5-14-11/h1-3,6,10-11H,4-5,7,13H2/t10-,11-/m0/s1. The minimum atomic E-state index is 0.177. The predicted molar refractivity (Wildman–Crippen MR) is 60.0 cm³/mol. The Bertz CT molecular complexity index is 316. The lowest BCUT2D eigenvalue weighted by molar-refractivity contribution is 0.00664. The van der Waals surface area contributed by atoms with Gasteiger partial charge in [0.25, 0.3) is 0 Å². The Morgan fingerprint density at radius 1 is 1.43 bits per heavy atom. The number of nitrogens with two attached hydrogens (primary N) is 1. The summed E-state index contributed by atoms with van der Waals surface area (Å²) in [5, 5.41) is 0. The summed E-state index contributed by atoms with van der Waals surface area (Å²) in [6.45, 7) is 0.776. The summed E-state index contributed by atoms with van der Waals surface area (Å²) in [6.07, 6.45) is 2.08. The van der Waals surface area contributed by atoms with Crippen LogP contribution >= 0.6 is 15.9 Å². The number of ether oxygens (including phenoxy) is 1. The van der Waals surface area contributed by atoms with Gasteiger partial charge in [0.05, 0.1) is 6.10 Å². The Labute approximate surface area is 92.6 Å². The zero-order valence-electron chi connectivity index (χ0n) is 7.95. The first-order chi connectivity index (χ1) is 6.75. The fourth-order valence-corrected chi connectivity index (χ4v) is 2.18. The van der Waals surface area contributed by atoms with E-state index < -0.39 is 0 Å². The normalized spacial score (nSPS) is 27.6. The molecule has 3 heteroatoms. The van der Waals surface area contributed by atoms with Crippen molar-refractivity contribution in [2.75, 3.05) is 6.61 Å². The minimum Gasteiger partial charge on any atom is -0.373 e. The van der Waals surface area contributed by atoms with E-state index in [9.17, 15) is 0 Å². The molecule has 0 spiro atoms. The maximum absolute atomic E-state index is 5.91. The van der Waals surface area contributed by atoms with Gasteiger partial charge in [-0.1, -0.05) is 28.1 Å². The van der Waals surface area contributed by atoms with Gasteiger partial charge < -0.3 is 10.5 Å². The van der Waals surface area contributed by atoms with Crippen molar-refractivity contribution in [2.24, 2.45) is 5.73 Å². The molecule has 1 aliphatic rings. The first-order valence-electron chi connectivity index (χ1n) is 4.88. The molecule has 1 aromatic carbocycles. The largest absolute Gasteiger partial charge is 0.373 e. The van der Waals surface area contributed by atoms with E-state index in [-0.39, 0.29) is 12.1 Å². The summed E-state index contributed by atoms with van der Waals surface area (Å²) >= 11 is 3.46. The topological polar surface area (TPSA) is 35.2 Å². The molecule has 1 aromatic rings. The molecular formula is C11H14BrNO. The molecule has 0 radical (unpaired) electrons. The summed E-state index contributed by atoms with van der Waals surface area (Å²) in [5.41, 5.74) is 7.13. The van der Waals surface area contributed by atoms with Crippen LogP contribution in [0.1, 0.15) is 24.5 Å². The molecule has 2 nitrogen and oxygen atoms in total. The second-order valence-electron chi connectivity index (χ2n) is 3.70. The maximum atomic E-state index is 5.91. The third-order valence-electron chi connectivity index (χ3n) is 2.54. The zero-order valence-corrected chi connectivity index (χ0v) is 9.53. The average Bonchev–Trinajstić information content (AvgIpc) is 2.18. The van der Waals surface area contributed by atoms with E-state index in [1.807, 2.05) is 12.1 Å². The summed E-state index contributed by atoms with van der Waals surface area (Å²) in [4.78, 5) is 0. The van der Waals surface area contributed by atoms with Crippen molar-refractivity contribution in [3.05, 3.63) is 34.3 Å². The van der Waals surface area contributed by atoms with E-state index in [1.54, 1.807) is 0 Å². The molecule has 0 unspecified atom stereocenters.